The van der Waals surface area contributed by atoms with Crippen molar-refractivity contribution in [1.29, 1.82) is 5.26 Å². The monoisotopic (exact) mass is 184 g/mol. The largest absolute Gasteiger partial charge is 0.191 e. The summed E-state index contributed by atoms with van der Waals surface area (Å²) < 4.78 is 0. The van der Waals surface area contributed by atoms with Crippen molar-refractivity contribution in [3.8, 4) is 6.07 Å². The van der Waals surface area contributed by atoms with Gasteiger partial charge < -0.3 is 0 Å². The number of benzene rings is 1. The van der Waals surface area contributed by atoms with Gasteiger partial charge in [0, 0.05) is 0 Å². The number of nitrogens with zero attached hydrogens (tertiary/aromatic N) is 4. The number of hydrogen-bond acceptors (Lipinski definition) is 4. The molecule has 0 unspecified atom stereocenters. The van der Waals surface area contributed by atoms with Crippen LogP contribution in [0.3, 0.4) is 0 Å². The van der Waals surface area contributed by atoms with Crippen LogP contribution in [0.15, 0.2) is 48.7 Å². The van der Waals surface area contributed by atoms with Gasteiger partial charge in [-0.05, 0) is 11.3 Å². The van der Waals surface area contributed by atoms with Crippen molar-refractivity contribution in [2.75, 3.05) is 0 Å². The molecule has 0 spiro atoms. The molecule has 0 aliphatic rings. The molecule has 68 valence electrons. The minimum atomic E-state index is 0.292. The van der Waals surface area contributed by atoms with Gasteiger partial charge in [-0.3, -0.25) is 0 Å². The second-order valence-corrected chi connectivity index (χ2v) is 2.27. The van der Waals surface area contributed by atoms with Gasteiger partial charge in [-0.2, -0.15) is 5.26 Å². The van der Waals surface area contributed by atoms with Crippen molar-refractivity contribution in [2.45, 2.75) is 0 Å². The van der Waals surface area contributed by atoms with Crippen LogP contribution in [0.1, 0.15) is 5.69 Å². The highest BCUT2D eigenvalue weighted by atomic mass is 15.3. The SMILES string of the molecule is N#Cc1ccnnn1.c1ccccc1. The summed E-state index contributed by atoms with van der Waals surface area (Å²) >= 11 is 0. The van der Waals surface area contributed by atoms with E-state index >= 15 is 0 Å². The first kappa shape index (κ1) is 9.81. The first-order valence-electron chi connectivity index (χ1n) is 3.98. The highest BCUT2D eigenvalue weighted by molar-refractivity contribution is 5.14. The van der Waals surface area contributed by atoms with E-state index in [2.05, 4.69) is 15.4 Å². The summed E-state index contributed by atoms with van der Waals surface area (Å²) in [5.74, 6) is 0. The van der Waals surface area contributed by atoms with E-state index in [4.69, 9.17) is 5.26 Å². The fourth-order valence-corrected chi connectivity index (χ4v) is 0.686. The van der Waals surface area contributed by atoms with Crippen molar-refractivity contribution >= 4 is 0 Å². The normalized spacial score (nSPS) is 7.93. The van der Waals surface area contributed by atoms with Crippen molar-refractivity contribution in [2.24, 2.45) is 0 Å². The molecule has 1 aromatic heterocycles. The Bertz CT molecular complexity index is 353. The molecule has 1 heterocycles. The average molecular weight is 184 g/mol. The molecule has 14 heavy (non-hydrogen) atoms. The van der Waals surface area contributed by atoms with Crippen LogP contribution in [0, 0.1) is 11.3 Å². The summed E-state index contributed by atoms with van der Waals surface area (Å²) in [5.41, 5.74) is 0.292. The molecule has 0 atom stereocenters. The molecule has 0 aliphatic heterocycles. The summed E-state index contributed by atoms with van der Waals surface area (Å²) in [6, 6.07) is 15.3. The lowest BCUT2D eigenvalue weighted by atomic mass is 10.4. The Morgan fingerprint density at radius 3 is 1.86 bits per heavy atom. The predicted molar refractivity (Wildman–Crippen MR) is 51.0 cm³/mol. The Kier molecular flexibility index (Phi) is 4.38. The summed E-state index contributed by atoms with van der Waals surface area (Å²) in [4.78, 5) is 0. The van der Waals surface area contributed by atoms with E-state index in [1.807, 2.05) is 42.5 Å². The van der Waals surface area contributed by atoms with Gasteiger partial charge in [-0.25, -0.2) is 0 Å². The van der Waals surface area contributed by atoms with E-state index in [9.17, 15) is 0 Å². The molecular formula is C10H8N4. The maximum Gasteiger partial charge on any atom is 0.166 e. The minimum absolute atomic E-state index is 0.292. The molecule has 2 rings (SSSR count). The Morgan fingerprint density at radius 2 is 1.57 bits per heavy atom. The van der Waals surface area contributed by atoms with E-state index < -0.39 is 0 Å². The van der Waals surface area contributed by atoms with E-state index in [1.54, 1.807) is 0 Å². The van der Waals surface area contributed by atoms with Gasteiger partial charge in [-0.15, -0.1) is 10.2 Å². The Morgan fingerprint density at radius 1 is 1.00 bits per heavy atom. The highest BCUT2D eigenvalue weighted by Gasteiger charge is 1.84. The second kappa shape index (κ2) is 6.26. The first-order chi connectivity index (χ1) is 6.93. The van der Waals surface area contributed by atoms with Crippen LogP contribution in [0.4, 0.5) is 0 Å². The van der Waals surface area contributed by atoms with Gasteiger partial charge in [0.15, 0.2) is 5.69 Å². The molecule has 0 radical (unpaired) electrons. The van der Waals surface area contributed by atoms with Crippen molar-refractivity contribution in [3.63, 3.8) is 0 Å². The molecule has 4 heteroatoms. The average Bonchev–Trinajstić information content (AvgIpc) is 2.33. The molecule has 0 fully saturated rings. The van der Waals surface area contributed by atoms with Gasteiger partial charge in [-0.1, -0.05) is 36.4 Å². The highest BCUT2D eigenvalue weighted by Crippen LogP contribution is 1.81. The molecule has 0 saturated carbocycles. The lowest BCUT2D eigenvalue weighted by Crippen LogP contribution is -1.86. The number of hydrogen-bond donors (Lipinski definition) is 0. The molecule has 0 N–H and O–H groups in total. The summed E-state index contributed by atoms with van der Waals surface area (Å²) in [6.45, 7) is 0. The van der Waals surface area contributed by atoms with Gasteiger partial charge >= 0.3 is 0 Å². The van der Waals surface area contributed by atoms with Crippen LogP contribution in [-0.4, -0.2) is 15.4 Å². The van der Waals surface area contributed by atoms with Gasteiger partial charge in [0.25, 0.3) is 0 Å². The number of nitriles is 1. The second-order valence-electron chi connectivity index (χ2n) is 2.27. The topological polar surface area (TPSA) is 62.5 Å². The van der Waals surface area contributed by atoms with E-state index in [-0.39, 0.29) is 0 Å². The molecule has 4 nitrogen and oxygen atoms in total. The zero-order valence-electron chi connectivity index (χ0n) is 7.41. The lowest BCUT2D eigenvalue weighted by Gasteiger charge is -1.76. The molecule has 0 aliphatic carbocycles. The van der Waals surface area contributed by atoms with Crippen LogP contribution >= 0.6 is 0 Å². The Labute approximate surface area is 81.8 Å². The van der Waals surface area contributed by atoms with Crippen LogP contribution in [0.5, 0.6) is 0 Å². The fraction of sp³-hybridized carbons (Fsp3) is 0. The van der Waals surface area contributed by atoms with E-state index in [1.165, 1.54) is 12.3 Å². The molecule has 2 aromatic rings. The summed E-state index contributed by atoms with van der Waals surface area (Å²) in [5, 5.41) is 18.1. The maximum atomic E-state index is 8.16. The Hall–Kier alpha value is -2.28. The van der Waals surface area contributed by atoms with Gasteiger partial charge in [0.1, 0.15) is 6.07 Å². The summed E-state index contributed by atoms with van der Waals surface area (Å²) in [7, 11) is 0. The molecule has 0 bridgehead atoms. The van der Waals surface area contributed by atoms with Crippen LogP contribution in [0.2, 0.25) is 0 Å². The van der Waals surface area contributed by atoms with Crippen LogP contribution < -0.4 is 0 Å². The standard InChI is InChI=1S/C6H6.C4H2N4/c1-2-4-6-5-3-1;5-3-4-1-2-6-8-7-4/h1-6H;1-2H. The van der Waals surface area contributed by atoms with Gasteiger partial charge in [0.05, 0.1) is 6.20 Å². The third kappa shape index (κ3) is 3.93. The molecule has 0 amide bonds. The third-order valence-corrected chi connectivity index (χ3v) is 1.28. The van der Waals surface area contributed by atoms with Gasteiger partial charge in [0.2, 0.25) is 0 Å². The third-order valence-electron chi connectivity index (χ3n) is 1.28. The van der Waals surface area contributed by atoms with Crippen molar-refractivity contribution in [1.82, 2.24) is 15.4 Å². The minimum Gasteiger partial charge on any atom is -0.191 e. The number of aromatic nitrogens is 3. The fourth-order valence-electron chi connectivity index (χ4n) is 0.686. The van der Waals surface area contributed by atoms with Crippen molar-refractivity contribution in [3.05, 3.63) is 54.4 Å². The van der Waals surface area contributed by atoms with Crippen LogP contribution in [0.25, 0.3) is 0 Å². The van der Waals surface area contributed by atoms with Crippen LogP contribution in [-0.2, 0) is 0 Å². The molecule has 0 saturated heterocycles. The first-order valence-corrected chi connectivity index (χ1v) is 3.98. The zero-order chi connectivity index (χ0) is 10.1. The summed E-state index contributed by atoms with van der Waals surface area (Å²) in [6.07, 6.45) is 1.42. The Balaban J connectivity index is 0.000000146. The van der Waals surface area contributed by atoms with Crippen molar-refractivity contribution < 1.29 is 0 Å². The number of rotatable bonds is 0. The lowest BCUT2D eigenvalue weighted by molar-refractivity contribution is 0.854. The molecular weight excluding hydrogens is 176 g/mol. The quantitative estimate of drug-likeness (QED) is 0.621. The van der Waals surface area contributed by atoms with E-state index in [0.717, 1.165) is 0 Å². The maximum absolute atomic E-state index is 8.16. The predicted octanol–water partition coefficient (Wildman–Crippen LogP) is 1.43. The zero-order valence-corrected chi connectivity index (χ0v) is 7.41. The van der Waals surface area contributed by atoms with E-state index in [0.29, 0.717) is 5.69 Å². The molecule has 1 aromatic carbocycles. The smallest absolute Gasteiger partial charge is 0.166 e.